The van der Waals surface area contributed by atoms with Crippen molar-refractivity contribution < 1.29 is 0 Å². The minimum atomic E-state index is -0.420. The summed E-state index contributed by atoms with van der Waals surface area (Å²) in [5, 5.41) is 13.3. The second-order valence-electron chi connectivity index (χ2n) is 13.0. The first-order chi connectivity index (χ1) is 23.2. The third kappa shape index (κ3) is 3.02. The highest BCUT2D eigenvalue weighted by molar-refractivity contribution is 6.46. The van der Waals surface area contributed by atoms with Crippen molar-refractivity contribution >= 4 is 77.1 Å². The Labute approximate surface area is 281 Å². The third-order valence-corrected chi connectivity index (χ3v) is 11.7. The number of hydrogen-bond acceptors (Lipinski definition) is 0. The second-order valence-corrected chi connectivity index (χ2v) is 13.8. The van der Waals surface area contributed by atoms with Gasteiger partial charge in [0.25, 0.3) is 0 Å². The Morgan fingerprint density at radius 2 is 0.745 bits per heavy atom. The van der Waals surface area contributed by atoms with E-state index in [0.29, 0.717) is 10.0 Å². The number of rotatable bonds is 0. The van der Waals surface area contributed by atoms with Crippen molar-refractivity contribution in [2.75, 3.05) is 0 Å². The molecule has 0 aromatic heterocycles. The Morgan fingerprint density at radius 3 is 1.32 bits per heavy atom. The number of fused-ring (bicyclic) bond motifs is 22. The van der Waals surface area contributed by atoms with E-state index in [-0.39, 0.29) is 0 Å². The topological polar surface area (TPSA) is 0 Å². The zero-order chi connectivity index (χ0) is 31.0. The smallest absolute Gasteiger partial charge is 0.0725 e. The van der Waals surface area contributed by atoms with E-state index in [2.05, 4.69) is 146 Å². The predicted molar refractivity (Wildman–Crippen MR) is 200 cm³/mol. The van der Waals surface area contributed by atoms with Gasteiger partial charge in [-0.2, -0.15) is 0 Å². The first kappa shape index (κ1) is 26.0. The van der Waals surface area contributed by atoms with Gasteiger partial charge in [-0.25, -0.2) is 0 Å². The number of hydrogen-bond donors (Lipinski definition) is 0. The van der Waals surface area contributed by atoms with E-state index < -0.39 is 5.41 Å². The van der Waals surface area contributed by atoms with Crippen LogP contribution in [0.1, 0.15) is 22.3 Å². The molecule has 0 aliphatic heterocycles. The van der Waals surface area contributed by atoms with Gasteiger partial charge < -0.3 is 0 Å². The molecule has 0 heterocycles. The van der Waals surface area contributed by atoms with Crippen LogP contribution in [0.5, 0.6) is 0 Å². The highest BCUT2D eigenvalue weighted by Gasteiger charge is 2.52. The van der Waals surface area contributed by atoms with Gasteiger partial charge in [-0.15, -0.1) is 0 Å². The summed E-state index contributed by atoms with van der Waals surface area (Å²) in [5.41, 5.74) is 10.1. The summed E-state index contributed by atoms with van der Waals surface area (Å²) in [6, 6.07) is 53.6. The van der Waals surface area contributed by atoms with E-state index in [1.54, 1.807) is 0 Å². The van der Waals surface area contributed by atoms with Gasteiger partial charge in [0.05, 0.1) is 15.5 Å². The Bertz CT molecular complexity index is 2830. The fraction of sp³-hybridized carbons (Fsp3) is 0.0222. The van der Waals surface area contributed by atoms with Crippen molar-refractivity contribution in [1.29, 1.82) is 0 Å². The molecule has 1 spiro atoms. The minimum Gasteiger partial charge on any atom is -0.0827 e. The molecule has 2 aliphatic carbocycles. The molecule has 218 valence electrons. The van der Waals surface area contributed by atoms with E-state index in [1.807, 2.05) is 0 Å². The lowest BCUT2D eigenvalue weighted by Gasteiger charge is -2.30. The molecule has 9 aromatic carbocycles. The summed E-state index contributed by atoms with van der Waals surface area (Å²) in [6.45, 7) is 0. The van der Waals surface area contributed by atoms with Crippen molar-refractivity contribution in [3.05, 3.63) is 178 Å². The molecule has 0 N–H and O–H groups in total. The third-order valence-electron chi connectivity index (χ3n) is 11.0. The quantitative estimate of drug-likeness (QED) is 0.146. The summed E-state index contributed by atoms with van der Waals surface area (Å²) < 4.78 is 0. The molecule has 0 nitrogen and oxygen atoms in total. The zero-order valence-electron chi connectivity index (χ0n) is 25.1. The van der Waals surface area contributed by atoms with E-state index in [0.717, 1.165) is 10.8 Å². The van der Waals surface area contributed by atoms with Crippen LogP contribution in [0.25, 0.3) is 76.1 Å². The van der Waals surface area contributed by atoms with E-state index in [9.17, 15) is 0 Å². The molecule has 0 unspecified atom stereocenters. The van der Waals surface area contributed by atoms with Crippen LogP contribution >= 0.6 is 23.2 Å². The van der Waals surface area contributed by atoms with Crippen molar-refractivity contribution in [2.45, 2.75) is 5.41 Å². The van der Waals surface area contributed by atoms with Crippen LogP contribution in [0, 0.1) is 0 Å². The molecule has 2 aliphatic rings. The summed E-state index contributed by atoms with van der Waals surface area (Å²) in [4.78, 5) is 0. The monoisotopic (exact) mass is 634 g/mol. The lowest BCUT2D eigenvalue weighted by molar-refractivity contribution is 0.794. The largest absolute Gasteiger partial charge is 0.0827 e. The Hall–Kier alpha value is -5.14. The van der Waals surface area contributed by atoms with Gasteiger partial charge in [-0.3, -0.25) is 0 Å². The normalized spacial score (nSPS) is 13.9. The maximum absolute atomic E-state index is 6.93. The molecule has 0 bridgehead atoms. The van der Waals surface area contributed by atoms with Crippen molar-refractivity contribution in [1.82, 2.24) is 0 Å². The fourth-order valence-electron chi connectivity index (χ4n) is 9.33. The maximum atomic E-state index is 6.93. The Balaban J connectivity index is 1.45. The predicted octanol–water partition coefficient (Wildman–Crippen LogP) is 13.1. The summed E-state index contributed by atoms with van der Waals surface area (Å²) in [5.74, 6) is 0. The molecule has 0 saturated heterocycles. The molecular formula is C45H24Cl2. The Kier molecular flexibility index (Phi) is 4.98. The first-order valence-corrected chi connectivity index (χ1v) is 16.8. The van der Waals surface area contributed by atoms with Gasteiger partial charge in [0.1, 0.15) is 0 Å². The van der Waals surface area contributed by atoms with Gasteiger partial charge >= 0.3 is 0 Å². The molecule has 0 atom stereocenters. The Morgan fingerprint density at radius 1 is 0.319 bits per heavy atom. The molecule has 2 heteroatoms. The molecule has 11 rings (SSSR count). The van der Waals surface area contributed by atoms with Crippen molar-refractivity contribution in [3.8, 4) is 22.3 Å². The van der Waals surface area contributed by atoms with Crippen LogP contribution in [0.4, 0.5) is 0 Å². The van der Waals surface area contributed by atoms with Crippen LogP contribution in [0.3, 0.4) is 0 Å². The molecule has 0 fully saturated rings. The van der Waals surface area contributed by atoms with Gasteiger partial charge in [-0.1, -0.05) is 157 Å². The number of halogens is 2. The molecule has 0 radical (unpaired) electrons. The van der Waals surface area contributed by atoms with Crippen molar-refractivity contribution in [2.24, 2.45) is 0 Å². The molecule has 0 saturated carbocycles. The van der Waals surface area contributed by atoms with Crippen molar-refractivity contribution in [3.63, 3.8) is 0 Å². The average Bonchev–Trinajstić information content (AvgIpc) is 3.59. The average molecular weight is 636 g/mol. The lowest BCUT2D eigenvalue weighted by atomic mass is 9.70. The highest BCUT2D eigenvalue weighted by Crippen LogP contribution is 2.64. The van der Waals surface area contributed by atoms with Crippen LogP contribution in [-0.2, 0) is 5.41 Å². The van der Waals surface area contributed by atoms with Gasteiger partial charge in [-0.05, 0) is 111 Å². The van der Waals surface area contributed by atoms with Gasteiger partial charge in [0, 0.05) is 0 Å². The zero-order valence-corrected chi connectivity index (χ0v) is 26.6. The van der Waals surface area contributed by atoms with Gasteiger partial charge in [0.2, 0.25) is 0 Å². The summed E-state index contributed by atoms with van der Waals surface area (Å²) in [7, 11) is 0. The standard InChI is InChI=1S/C45H24Cl2/c46-39-23-33-34(24-40(39)47)43-32(41-29-15-3-1-11-25(29)26-12-2-4-16-30(26)42(33)41)21-22-38-44(43)31-17-7-10-20-37(31)45(38)35-18-8-5-13-27(35)28-14-6-9-19-36(28)45/h1-24H. The molecular weight excluding hydrogens is 611 g/mol. The van der Waals surface area contributed by atoms with Crippen LogP contribution in [0.15, 0.2) is 146 Å². The van der Waals surface area contributed by atoms with Crippen LogP contribution in [0.2, 0.25) is 10.0 Å². The summed E-state index contributed by atoms with van der Waals surface area (Å²) in [6.07, 6.45) is 0. The fourth-order valence-corrected chi connectivity index (χ4v) is 9.66. The first-order valence-electron chi connectivity index (χ1n) is 16.1. The molecule has 47 heavy (non-hydrogen) atoms. The summed E-state index contributed by atoms with van der Waals surface area (Å²) >= 11 is 13.8. The van der Waals surface area contributed by atoms with Gasteiger partial charge in [0.15, 0.2) is 0 Å². The van der Waals surface area contributed by atoms with Crippen LogP contribution < -0.4 is 0 Å². The highest BCUT2D eigenvalue weighted by atomic mass is 35.5. The minimum absolute atomic E-state index is 0.420. The lowest BCUT2D eigenvalue weighted by Crippen LogP contribution is -2.25. The molecule has 9 aromatic rings. The second kappa shape index (κ2) is 9.02. The SMILES string of the molecule is Clc1cc2c(cc1Cl)c1c3ccccc3c3ccccc3c1c1ccc3c(c21)-c1ccccc1C31c2ccccc2-c2ccccc21. The van der Waals surface area contributed by atoms with Crippen LogP contribution in [-0.4, -0.2) is 0 Å². The van der Waals surface area contributed by atoms with E-state index in [4.69, 9.17) is 23.2 Å². The van der Waals surface area contributed by atoms with E-state index >= 15 is 0 Å². The van der Waals surface area contributed by atoms with E-state index in [1.165, 1.54) is 87.6 Å². The maximum Gasteiger partial charge on any atom is 0.0725 e. The number of benzene rings is 9. The molecule has 0 amide bonds.